The fraction of sp³-hybridized carbons (Fsp3) is 0.833. The first-order valence-corrected chi connectivity index (χ1v) is 5.53. The Bertz CT molecular complexity index is 273. The van der Waals surface area contributed by atoms with Crippen molar-refractivity contribution in [2.24, 2.45) is 10.8 Å². The normalized spacial score (nSPS) is 29.9. The van der Waals surface area contributed by atoms with Gasteiger partial charge in [0, 0.05) is 12.8 Å². The highest BCUT2D eigenvalue weighted by Crippen LogP contribution is 2.50. The largest absolute Gasteiger partial charge is 0.299 e. The van der Waals surface area contributed by atoms with Gasteiger partial charge in [0.05, 0.1) is 5.41 Å². The summed E-state index contributed by atoms with van der Waals surface area (Å²) in [5.74, 6) is 0.436. The van der Waals surface area contributed by atoms with Crippen molar-refractivity contribution >= 4 is 11.6 Å². The van der Waals surface area contributed by atoms with Gasteiger partial charge in [-0.05, 0) is 24.7 Å². The molecular formula is C12H18O2. The molecule has 14 heavy (non-hydrogen) atoms. The fourth-order valence-electron chi connectivity index (χ4n) is 3.20. The van der Waals surface area contributed by atoms with Gasteiger partial charge in [-0.1, -0.05) is 20.3 Å². The van der Waals surface area contributed by atoms with Gasteiger partial charge in [0.1, 0.15) is 11.6 Å². The smallest absolute Gasteiger partial charge is 0.146 e. The summed E-state index contributed by atoms with van der Waals surface area (Å²) in [4.78, 5) is 23.7. The van der Waals surface area contributed by atoms with Crippen molar-refractivity contribution in [3.8, 4) is 0 Å². The van der Waals surface area contributed by atoms with Gasteiger partial charge in [-0.15, -0.1) is 0 Å². The van der Waals surface area contributed by atoms with Crippen LogP contribution < -0.4 is 0 Å². The molecule has 0 atom stereocenters. The summed E-state index contributed by atoms with van der Waals surface area (Å²) >= 11 is 0. The minimum Gasteiger partial charge on any atom is -0.299 e. The average molecular weight is 194 g/mol. The summed E-state index contributed by atoms with van der Waals surface area (Å²) in [5.41, 5.74) is -0.379. The van der Waals surface area contributed by atoms with Crippen molar-refractivity contribution in [2.75, 3.05) is 0 Å². The molecule has 78 valence electrons. The van der Waals surface area contributed by atoms with E-state index in [1.807, 2.05) is 0 Å². The Hall–Kier alpha value is -0.660. The van der Waals surface area contributed by atoms with Gasteiger partial charge >= 0.3 is 0 Å². The third-order valence-electron chi connectivity index (χ3n) is 3.88. The second-order valence-electron chi connectivity index (χ2n) is 5.62. The predicted octanol–water partition coefficient (Wildman–Crippen LogP) is 2.51. The summed E-state index contributed by atoms with van der Waals surface area (Å²) in [6.45, 7) is 4.35. The van der Waals surface area contributed by atoms with Gasteiger partial charge in [0.15, 0.2) is 0 Å². The number of rotatable bonds is 0. The van der Waals surface area contributed by atoms with Crippen LogP contribution in [0.25, 0.3) is 0 Å². The van der Waals surface area contributed by atoms with Gasteiger partial charge in [0.2, 0.25) is 0 Å². The van der Waals surface area contributed by atoms with Crippen molar-refractivity contribution < 1.29 is 9.59 Å². The second-order valence-corrected chi connectivity index (χ2v) is 5.62. The van der Waals surface area contributed by atoms with Gasteiger partial charge in [-0.2, -0.15) is 0 Å². The molecule has 0 aromatic rings. The van der Waals surface area contributed by atoms with Crippen LogP contribution in [0.15, 0.2) is 0 Å². The lowest BCUT2D eigenvalue weighted by Gasteiger charge is -2.40. The lowest BCUT2D eigenvalue weighted by atomic mass is 9.62. The molecule has 0 unspecified atom stereocenters. The maximum atomic E-state index is 11.8. The molecule has 0 radical (unpaired) electrons. The van der Waals surface area contributed by atoms with Crippen LogP contribution in [0.5, 0.6) is 0 Å². The van der Waals surface area contributed by atoms with Crippen molar-refractivity contribution in [1.29, 1.82) is 0 Å². The Morgan fingerprint density at radius 3 is 2.07 bits per heavy atom. The van der Waals surface area contributed by atoms with E-state index in [4.69, 9.17) is 0 Å². The molecule has 2 nitrogen and oxygen atoms in total. The highest BCUT2D eigenvalue weighted by Gasteiger charge is 2.53. The quantitative estimate of drug-likeness (QED) is 0.555. The zero-order chi connectivity index (χ0) is 10.4. The molecule has 0 aromatic heterocycles. The van der Waals surface area contributed by atoms with Crippen LogP contribution >= 0.6 is 0 Å². The minimum atomic E-state index is -0.554. The zero-order valence-electron chi connectivity index (χ0n) is 9.06. The predicted molar refractivity (Wildman–Crippen MR) is 53.9 cm³/mol. The molecule has 0 saturated heterocycles. The van der Waals surface area contributed by atoms with Crippen LogP contribution in [0.2, 0.25) is 0 Å². The van der Waals surface area contributed by atoms with Crippen molar-refractivity contribution in [3.05, 3.63) is 0 Å². The number of hydrogen-bond donors (Lipinski definition) is 0. The highest BCUT2D eigenvalue weighted by atomic mass is 16.2. The Morgan fingerprint density at radius 2 is 1.57 bits per heavy atom. The van der Waals surface area contributed by atoms with Crippen molar-refractivity contribution in [2.45, 2.75) is 52.4 Å². The van der Waals surface area contributed by atoms with Gasteiger partial charge in [-0.25, -0.2) is 0 Å². The maximum Gasteiger partial charge on any atom is 0.146 e. The molecule has 0 aromatic carbocycles. The summed E-state index contributed by atoms with van der Waals surface area (Å²) in [5, 5.41) is 0. The van der Waals surface area contributed by atoms with E-state index in [9.17, 15) is 9.59 Å². The summed E-state index contributed by atoms with van der Waals surface area (Å²) in [7, 11) is 0. The topological polar surface area (TPSA) is 34.1 Å². The molecule has 1 spiro atoms. The standard InChI is InChI=1S/C12H18O2/c1-11(2)6-3-7-12(8-11)9(13)4-5-10(12)14/h3-8H2,1-2H3. The first kappa shape index (κ1) is 9.88. The molecule has 2 aliphatic carbocycles. The molecule has 0 aliphatic heterocycles. The molecule has 0 heterocycles. The minimum absolute atomic E-state index is 0.175. The third kappa shape index (κ3) is 1.32. The van der Waals surface area contributed by atoms with Crippen LogP contribution in [-0.4, -0.2) is 11.6 Å². The Balaban J connectivity index is 2.30. The third-order valence-corrected chi connectivity index (χ3v) is 3.88. The Kier molecular flexibility index (Phi) is 2.06. The maximum absolute atomic E-state index is 11.8. The molecule has 2 heteroatoms. The van der Waals surface area contributed by atoms with E-state index in [0.29, 0.717) is 12.8 Å². The molecule has 0 N–H and O–H groups in total. The lowest BCUT2D eigenvalue weighted by Crippen LogP contribution is -2.41. The molecule has 2 fully saturated rings. The van der Waals surface area contributed by atoms with E-state index in [2.05, 4.69) is 13.8 Å². The second kappa shape index (κ2) is 2.91. The van der Waals surface area contributed by atoms with Crippen LogP contribution in [0.4, 0.5) is 0 Å². The Morgan fingerprint density at radius 1 is 1.00 bits per heavy atom. The molecule has 0 amide bonds. The van der Waals surface area contributed by atoms with E-state index in [-0.39, 0.29) is 17.0 Å². The van der Waals surface area contributed by atoms with E-state index in [1.165, 1.54) is 0 Å². The van der Waals surface area contributed by atoms with E-state index >= 15 is 0 Å². The SMILES string of the molecule is CC1(C)CCCC2(C1)C(=O)CCC2=O. The van der Waals surface area contributed by atoms with Crippen LogP contribution in [0.3, 0.4) is 0 Å². The van der Waals surface area contributed by atoms with Crippen LogP contribution in [0, 0.1) is 10.8 Å². The van der Waals surface area contributed by atoms with E-state index < -0.39 is 5.41 Å². The number of carbonyl (C=O) groups is 2. The molecule has 0 bridgehead atoms. The number of Topliss-reactive ketones (excluding diaryl/α,β-unsaturated/α-hetero) is 2. The first-order valence-electron chi connectivity index (χ1n) is 5.53. The lowest BCUT2D eigenvalue weighted by molar-refractivity contribution is -0.139. The highest BCUT2D eigenvalue weighted by molar-refractivity contribution is 6.12. The summed E-state index contributed by atoms with van der Waals surface area (Å²) < 4.78 is 0. The van der Waals surface area contributed by atoms with E-state index in [0.717, 1.165) is 25.7 Å². The molecular weight excluding hydrogens is 176 g/mol. The van der Waals surface area contributed by atoms with Gasteiger partial charge < -0.3 is 0 Å². The van der Waals surface area contributed by atoms with Gasteiger partial charge in [-0.3, -0.25) is 9.59 Å². The molecule has 2 saturated carbocycles. The number of carbonyl (C=O) groups excluding carboxylic acids is 2. The monoisotopic (exact) mass is 194 g/mol. The Labute approximate surface area is 85.1 Å². The molecule has 2 aliphatic rings. The van der Waals surface area contributed by atoms with Crippen molar-refractivity contribution in [1.82, 2.24) is 0 Å². The summed E-state index contributed by atoms with van der Waals surface area (Å²) in [6, 6.07) is 0. The van der Waals surface area contributed by atoms with Crippen LogP contribution in [-0.2, 0) is 9.59 Å². The van der Waals surface area contributed by atoms with Gasteiger partial charge in [0.25, 0.3) is 0 Å². The average Bonchev–Trinajstić information content (AvgIpc) is 2.32. The summed E-state index contributed by atoms with van der Waals surface area (Å²) in [6.07, 6.45) is 4.77. The first-order chi connectivity index (χ1) is 6.46. The zero-order valence-corrected chi connectivity index (χ0v) is 9.06. The van der Waals surface area contributed by atoms with Crippen molar-refractivity contribution in [3.63, 3.8) is 0 Å². The number of ketones is 2. The van der Waals surface area contributed by atoms with Crippen LogP contribution in [0.1, 0.15) is 52.4 Å². The number of hydrogen-bond acceptors (Lipinski definition) is 2. The molecule has 2 rings (SSSR count). The fourth-order valence-corrected chi connectivity index (χ4v) is 3.20. The van der Waals surface area contributed by atoms with E-state index in [1.54, 1.807) is 0 Å².